The third-order valence-electron chi connectivity index (χ3n) is 5.28. The van der Waals surface area contributed by atoms with Crippen LogP contribution in [0.4, 0.5) is 4.39 Å². The molecule has 1 aromatic carbocycles. The molecule has 2 N–H and O–H groups in total. The molecule has 2 aromatic rings. The average molecular weight is 420 g/mol. The highest BCUT2D eigenvalue weighted by atomic mass is 35.5. The van der Waals surface area contributed by atoms with E-state index in [9.17, 15) is 14.0 Å². The lowest BCUT2D eigenvalue weighted by Crippen LogP contribution is -2.84. The van der Waals surface area contributed by atoms with Crippen molar-refractivity contribution in [1.82, 2.24) is 15.6 Å². The zero-order valence-corrected chi connectivity index (χ0v) is 16.4. The van der Waals surface area contributed by atoms with Crippen LogP contribution in [0.25, 0.3) is 0 Å². The minimum atomic E-state index is -0.604. The van der Waals surface area contributed by atoms with Crippen LogP contribution in [0, 0.1) is 5.82 Å². The van der Waals surface area contributed by atoms with Crippen LogP contribution in [-0.4, -0.2) is 41.6 Å². The largest absolute Gasteiger partial charge is 0.495 e. The molecule has 0 spiro atoms. The van der Waals surface area contributed by atoms with E-state index >= 15 is 0 Å². The van der Waals surface area contributed by atoms with Crippen LogP contribution in [-0.2, 0) is 4.79 Å². The maximum absolute atomic E-state index is 13.4. The molecule has 0 aliphatic heterocycles. The molecular weight excluding hydrogens is 401 g/mol. The molecule has 9 heteroatoms. The Morgan fingerprint density at radius 2 is 1.83 bits per heavy atom. The summed E-state index contributed by atoms with van der Waals surface area (Å²) < 4.78 is 23.7. The maximum atomic E-state index is 13.4. The predicted octanol–water partition coefficient (Wildman–Crippen LogP) is 2.48. The van der Waals surface area contributed by atoms with Crippen molar-refractivity contribution in [2.24, 2.45) is 0 Å². The number of amides is 2. The summed E-state index contributed by atoms with van der Waals surface area (Å²) in [5, 5.41) is 5.93. The Morgan fingerprint density at radius 3 is 2.45 bits per heavy atom. The number of methoxy groups -OCH3 is 1. The Morgan fingerprint density at radius 1 is 1.14 bits per heavy atom. The molecule has 3 saturated carbocycles. The molecule has 1 aromatic heterocycles. The summed E-state index contributed by atoms with van der Waals surface area (Å²) in [5.74, 6) is -0.335. The number of ether oxygens (including phenoxy) is 2. The molecule has 3 fully saturated rings. The van der Waals surface area contributed by atoms with Crippen LogP contribution < -0.4 is 20.1 Å². The number of hydrogen-bond donors (Lipinski definition) is 2. The van der Waals surface area contributed by atoms with E-state index in [4.69, 9.17) is 21.1 Å². The number of nitrogens with one attached hydrogen (secondary N) is 2. The van der Waals surface area contributed by atoms with E-state index in [2.05, 4.69) is 15.6 Å². The first-order valence-electron chi connectivity index (χ1n) is 9.04. The standard InChI is InChI=1S/C20H19ClFN3O4/c1-28-13-3-5-16(23-7-13)18(27)25-20-9-19(10-20,11-20)24-17(26)8-29-12-2-4-14(21)15(22)6-12/h2-7H,8-11H2,1H3,(H,24,26)(H,25,27). The lowest BCUT2D eigenvalue weighted by Gasteiger charge is -2.70. The molecule has 1 heterocycles. The normalized spacial score (nSPS) is 24.0. The van der Waals surface area contributed by atoms with Gasteiger partial charge in [0.1, 0.15) is 23.0 Å². The van der Waals surface area contributed by atoms with Crippen molar-refractivity contribution in [3.63, 3.8) is 0 Å². The van der Waals surface area contributed by atoms with Crippen molar-refractivity contribution in [3.05, 3.63) is 53.1 Å². The van der Waals surface area contributed by atoms with E-state index in [0.29, 0.717) is 30.7 Å². The van der Waals surface area contributed by atoms with E-state index in [0.717, 1.165) is 6.07 Å². The van der Waals surface area contributed by atoms with Gasteiger partial charge in [-0.3, -0.25) is 9.59 Å². The number of carbonyl (C=O) groups excluding carboxylic acids is 2. The van der Waals surface area contributed by atoms with Crippen molar-refractivity contribution < 1.29 is 23.5 Å². The molecule has 5 rings (SSSR count). The Bertz CT molecular complexity index is 947. The van der Waals surface area contributed by atoms with Crippen LogP contribution in [0.3, 0.4) is 0 Å². The van der Waals surface area contributed by atoms with Gasteiger partial charge in [0, 0.05) is 17.1 Å². The fourth-order valence-corrected chi connectivity index (χ4v) is 4.16. The average Bonchev–Trinajstić information content (AvgIpc) is 2.66. The Hall–Kier alpha value is -2.87. The SMILES string of the molecule is COc1ccc(C(=O)NC23CC(NC(=O)COc4ccc(Cl)c(F)c4)(C2)C3)nc1. The van der Waals surface area contributed by atoms with Crippen molar-refractivity contribution in [3.8, 4) is 11.5 Å². The van der Waals surface area contributed by atoms with Crippen LogP contribution in [0.15, 0.2) is 36.5 Å². The van der Waals surface area contributed by atoms with Gasteiger partial charge >= 0.3 is 0 Å². The maximum Gasteiger partial charge on any atom is 0.270 e. The summed E-state index contributed by atoms with van der Waals surface area (Å²) in [6, 6.07) is 7.29. The Kier molecular flexibility index (Phi) is 4.82. The molecular formula is C20H19ClFN3O4. The molecule has 152 valence electrons. The topological polar surface area (TPSA) is 89.6 Å². The van der Waals surface area contributed by atoms with Gasteiger partial charge in [0.25, 0.3) is 11.8 Å². The molecule has 0 unspecified atom stereocenters. The first-order valence-corrected chi connectivity index (χ1v) is 9.41. The summed E-state index contributed by atoms with van der Waals surface area (Å²) in [6.07, 6.45) is 3.46. The lowest BCUT2D eigenvalue weighted by atomic mass is 9.44. The van der Waals surface area contributed by atoms with Gasteiger partial charge in [-0.1, -0.05) is 11.6 Å². The van der Waals surface area contributed by atoms with Crippen LogP contribution >= 0.6 is 11.6 Å². The van der Waals surface area contributed by atoms with Crippen molar-refractivity contribution in [2.75, 3.05) is 13.7 Å². The van der Waals surface area contributed by atoms with Gasteiger partial charge in [-0.15, -0.1) is 0 Å². The van der Waals surface area contributed by atoms with Gasteiger partial charge in [0.15, 0.2) is 6.61 Å². The van der Waals surface area contributed by atoms with Crippen LogP contribution in [0.5, 0.6) is 11.5 Å². The van der Waals surface area contributed by atoms with Crippen molar-refractivity contribution in [1.29, 1.82) is 0 Å². The van der Waals surface area contributed by atoms with E-state index in [1.807, 2.05) is 0 Å². The third-order valence-corrected chi connectivity index (χ3v) is 5.59. The first kappa shape index (κ1) is 19.4. The number of halogens is 2. The minimum Gasteiger partial charge on any atom is -0.495 e. The third kappa shape index (κ3) is 3.85. The van der Waals surface area contributed by atoms with Gasteiger partial charge in [0.2, 0.25) is 0 Å². The molecule has 0 atom stereocenters. The highest BCUT2D eigenvalue weighted by Crippen LogP contribution is 2.60. The predicted molar refractivity (Wildman–Crippen MR) is 103 cm³/mol. The second-order valence-corrected chi connectivity index (χ2v) is 7.95. The van der Waals surface area contributed by atoms with E-state index in [1.54, 1.807) is 12.1 Å². The summed E-state index contributed by atoms with van der Waals surface area (Å²) in [6.45, 7) is -0.224. The smallest absolute Gasteiger partial charge is 0.270 e. The number of hydrogen-bond acceptors (Lipinski definition) is 5. The number of nitrogens with zero attached hydrogens (tertiary/aromatic N) is 1. The van der Waals surface area contributed by atoms with Crippen LogP contribution in [0.1, 0.15) is 29.8 Å². The van der Waals surface area contributed by atoms with E-state index < -0.39 is 5.82 Å². The molecule has 0 radical (unpaired) electrons. The molecule has 7 nitrogen and oxygen atoms in total. The highest BCUT2D eigenvalue weighted by Gasteiger charge is 2.69. The zero-order valence-electron chi connectivity index (χ0n) is 15.6. The molecule has 29 heavy (non-hydrogen) atoms. The number of pyridine rings is 1. The molecule has 2 amide bonds. The highest BCUT2D eigenvalue weighted by molar-refractivity contribution is 6.30. The summed E-state index contributed by atoms with van der Waals surface area (Å²) in [7, 11) is 1.53. The first-order chi connectivity index (χ1) is 13.8. The fourth-order valence-electron chi connectivity index (χ4n) is 4.04. The molecule has 3 aliphatic rings. The fraction of sp³-hybridized carbons (Fsp3) is 0.350. The van der Waals surface area contributed by atoms with E-state index in [-0.39, 0.29) is 40.3 Å². The number of benzene rings is 1. The van der Waals surface area contributed by atoms with Gasteiger partial charge < -0.3 is 20.1 Å². The number of carbonyl (C=O) groups is 2. The monoisotopic (exact) mass is 419 g/mol. The van der Waals surface area contributed by atoms with Crippen molar-refractivity contribution in [2.45, 2.75) is 30.3 Å². The Labute approximate surface area is 171 Å². The number of aromatic nitrogens is 1. The van der Waals surface area contributed by atoms with Crippen LogP contribution in [0.2, 0.25) is 5.02 Å². The molecule has 0 saturated heterocycles. The Balaban J connectivity index is 1.23. The van der Waals surface area contributed by atoms with E-state index in [1.165, 1.54) is 25.4 Å². The van der Waals surface area contributed by atoms with Crippen molar-refractivity contribution >= 4 is 23.4 Å². The lowest BCUT2D eigenvalue weighted by molar-refractivity contribution is -0.141. The summed E-state index contributed by atoms with van der Waals surface area (Å²) >= 11 is 5.61. The second kappa shape index (κ2) is 7.18. The zero-order chi connectivity index (χ0) is 20.6. The van der Waals surface area contributed by atoms with Gasteiger partial charge in [-0.25, -0.2) is 9.37 Å². The quantitative estimate of drug-likeness (QED) is 0.719. The van der Waals surface area contributed by atoms with Gasteiger partial charge in [0.05, 0.1) is 18.3 Å². The summed E-state index contributed by atoms with van der Waals surface area (Å²) in [5.41, 5.74) is -0.296. The van der Waals surface area contributed by atoms with Gasteiger partial charge in [-0.2, -0.15) is 0 Å². The summed E-state index contributed by atoms with van der Waals surface area (Å²) in [4.78, 5) is 28.6. The second-order valence-electron chi connectivity index (χ2n) is 7.54. The van der Waals surface area contributed by atoms with Gasteiger partial charge in [-0.05, 0) is 43.5 Å². The molecule has 3 aliphatic carbocycles. The minimum absolute atomic E-state index is 0.00662. The number of rotatable bonds is 7. The molecule has 2 bridgehead atoms.